The highest BCUT2D eigenvalue weighted by molar-refractivity contribution is 7.92. The fourth-order valence-corrected chi connectivity index (χ4v) is 4.06. The van der Waals surface area contributed by atoms with Gasteiger partial charge >= 0.3 is 0 Å². The van der Waals surface area contributed by atoms with E-state index in [1.807, 2.05) is 0 Å². The molecule has 1 saturated heterocycles. The minimum absolute atomic E-state index is 0. The fourth-order valence-electron chi connectivity index (χ4n) is 2.39. The summed E-state index contributed by atoms with van der Waals surface area (Å²) >= 11 is 0. The van der Waals surface area contributed by atoms with E-state index in [-0.39, 0.29) is 24.1 Å². The lowest BCUT2D eigenvalue weighted by molar-refractivity contribution is -0.161. The predicted molar refractivity (Wildman–Crippen MR) is 80.6 cm³/mol. The number of hydrogen-bond acceptors (Lipinski definition) is 5. The van der Waals surface area contributed by atoms with Gasteiger partial charge in [-0.15, -0.1) is 12.4 Å². The number of imide groups is 1. The molecule has 0 spiro atoms. The zero-order valence-electron chi connectivity index (χ0n) is 12.1. The summed E-state index contributed by atoms with van der Waals surface area (Å²) in [6.45, 7) is 4.37. The lowest BCUT2D eigenvalue weighted by atomic mass is 9.88. The van der Waals surface area contributed by atoms with Crippen LogP contribution in [0.4, 0.5) is 0 Å². The standard InChI is InChI=1S/C11H20N4O4S.ClH/c1-4-7(14-11(12)13)8-9(17)15(6(3)16)10(8)20(18,19)5-2;/h7-8,10H,4-5H2,1-3H3,(H4,12,13,14);1H/t7?,8-,10+;/m0./s1. The van der Waals surface area contributed by atoms with Crippen molar-refractivity contribution < 1.29 is 18.0 Å². The lowest BCUT2D eigenvalue weighted by Crippen LogP contribution is -2.71. The first-order valence-corrected chi connectivity index (χ1v) is 8.04. The monoisotopic (exact) mass is 340 g/mol. The maximum atomic E-state index is 12.1. The van der Waals surface area contributed by atoms with Crippen molar-refractivity contribution in [2.75, 3.05) is 5.75 Å². The van der Waals surface area contributed by atoms with Crippen LogP contribution in [-0.4, -0.2) is 48.3 Å². The molecule has 2 amide bonds. The van der Waals surface area contributed by atoms with Crippen LogP contribution in [0.3, 0.4) is 0 Å². The van der Waals surface area contributed by atoms with Crippen molar-refractivity contribution in [2.24, 2.45) is 11.7 Å². The SMILES string of the molecule is CCC(NC(=N)N)[C@H]1C(=O)N(C(C)=O)[C@@H]1S(=O)(=O)CC.Cl. The van der Waals surface area contributed by atoms with Crippen molar-refractivity contribution in [3.8, 4) is 0 Å². The highest BCUT2D eigenvalue weighted by Gasteiger charge is 2.58. The summed E-state index contributed by atoms with van der Waals surface area (Å²) in [6, 6.07) is -0.582. The van der Waals surface area contributed by atoms with Crippen LogP contribution in [0.1, 0.15) is 27.2 Å². The van der Waals surface area contributed by atoms with E-state index in [0.717, 1.165) is 11.8 Å². The van der Waals surface area contributed by atoms with E-state index in [0.29, 0.717) is 6.42 Å². The van der Waals surface area contributed by atoms with Crippen molar-refractivity contribution in [2.45, 2.75) is 38.6 Å². The second kappa shape index (κ2) is 7.08. The number of nitrogens with one attached hydrogen (secondary N) is 2. The number of nitrogens with zero attached hydrogens (tertiary/aromatic N) is 1. The Bertz CT molecular complexity index is 536. The van der Waals surface area contributed by atoms with E-state index in [4.69, 9.17) is 11.1 Å². The van der Waals surface area contributed by atoms with Crippen LogP contribution in [0.25, 0.3) is 0 Å². The third-order valence-corrected chi connectivity index (χ3v) is 5.45. The second-order valence-corrected chi connectivity index (χ2v) is 7.05. The Balaban J connectivity index is 0.00000400. The molecule has 4 N–H and O–H groups in total. The zero-order valence-corrected chi connectivity index (χ0v) is 13.8. The number of sulfone groups is 1. The van der Waals surface area contributed by atoms with Gasteiger partial charge in [0.1, 0.15) is 0 Å². The zero-order chi connectivity index (χ0) is 15.7. The van der Waals surface area contributed by atoms with Crippen LogP contribution in [-0.2, 0) is 19.4 Å². The van der Waals surface area contributed by atoms with Crippen LogP contribution in [0.2, 0.25) is 0 Å². The molecular weight excluding hydrogens is 320 g/mol. The molecule has 0 aromatic carbocycles. The highest BCUT2D eigenvalue weighted by Crippen LogP contribution is 2.35. The number of likely N-dealkylation sites (tertiary alicyclic amines) is 1. The molecule has 8 nitrogen and oxygen atoms in total. The first-order chi connectivity index (χ1) is 9.17. The summed E-state index contributed by atoms with van der Waals surface area (Å²) in [6.07, 6.45) is 0.414. The summed E-state index contributed by atoms with van der Waals surface area (Å²) in [7, 11) is -3.60. The third-order valence-electron chi connectivity index (χ3n) is 3.41. The average Bonchev–Trinajstić information content (AvgIpc) is 2.33. The van der Waals surface area contributed by atoms with Gasteiger partial charge in [0.15, 0.2) is 21.2 Å². The normalized spacial score (nSPS) is 22.8. The third kappa shape index (κ3) is 3.65. The predicted octanol–water partition coefficient (Wildman–Crippen LogP) is -0.564. The van der Waals surface area contributed by atoms with Crippen molar-refractivity contribution in [3.05, 3.63) is 0 Å². The molecule has 0 radical (unpaired) electrons. The summed E-state index contributed by atoms with van der Waals surface area (Å²) < 4.78 is 24.2. The molecule has 0 aliphatic carbocycles. The lowest BCUT2D eigenvalue weighted by Gasteiger charge is -2.47. The van der Waals surface area contributed by atoms with Gasteiger partial charge in [0.2, 0.25) is 11.8 Å². The molecule has 1 rings (SSSR count). The Morgan fingerprint density at radius 1 is 1.48 bits per heavy atom. The van der Waals surface area contributed by atoms with Gasteiger partial charge in [0.05, 0.1) is 5.92 Å². The van der Waals surface area contributed by atoms with Crippen LogP contribution in [0, 0.1) is 11.3 Å². The maximum absolute atomic E-state index is 12.1. The summed E-state index contributed by atoms with van der Waals surface area (Å²) in [5.41, 5.74) is 5.24. The molecule has 1 unspecified atom stereocenters. The van der Waals surface area contributed by atoms with Gasteiger partial charge in [-0.05, 0) is 6.42 Å². The number of hydrogen-bond donors (Lipinski definition) is 3. The molecule has 21 heavy (non-hydrogen) atoms. The molecule has 1 aliphatic heterocycles. The Hall–Kier alpha value is -1.35. The molecule has 0 saturated carbocycles. The molecule has 3 atom stereocenters. The number of nitrogens with two attached hydrogens (primary N) is 1. The molecule has 0 bridgehead atoms. The second-order valence-electron chi connectivity index (χ2n) is 4.67. The quantitative estimate of drug-likeness (QED) is 0.349. The first-order valence-electron chi connectivity index (χ1n) is 6.33. The Labute approximate surface area is 130 Å². The van der Waals surface area contributed by atoms with Crippen molar-refractivity contribution in [3.63, 3.8) is 0 Å². The van der Waals surface area contributed by atoms with E-state index in [2.05, 4.69) is 5.32 Å². The number of β-lactam (4-membered cyclic amide) rings is 1. The van der Waals surface area contributed by atoms with E-state index in [1.54, 1.807) is 6.92 Å². The number of guanidine groups is 1. The smallest absolute Gasteiger partial charge is 0.238 e. The highest BCUT2D eigenvalue weighted by atomic mass is 35.5. The number of amides is 2. The van der Waals surface area contributed by atoms with E-state index < -0.39 is 39.0 Å². The first kappa shape index (κ1) is 19.7. The molecular formula is C11H21ClN4O4S. The number of rotatable bonds is 5. The van der Waals surface area contributed by atoms with Crippen LogP contribution >= 0.6 is 12.4 Å². The van der Waals surface area contributed by atoms with Crippen molar-refractivity contribution >= 4 is 40.0 Å². The molecule has 122 valence electrons. The van der Waals surface area contributed by atoms with Crippen LogP contribution < -0.4 is 11.1 Å². The summed E-state index contributed by atoms with van der Waals surface area (Å²) in [5, 5.41) is 8.63. The number of carbonyl (C=O) groups is 2. The largest absolute Gasteiger partial charge is 0.370 e. The molecule has 1 aliphatic rings. The molecule has 1 fully saturated rings. The molecule has 0 aromatic heterocycles. The molecule has 10 heteroatoms. The van der Waals surface area contributed by atoms with Gasteiger partial charge in [-0.1, -0.05) is 13.8 Å². The van der Waals surface area contributed by atoms with Gasteiger partial charge in [-0.2, -0.15) is 0 Å². The van der Waals surface area contributed by atoms with Gasteiger partial charge in [0, 0.05) is 18.7 Å². The van der Waals surface area contributed by atoms with Gasteiger partial charge in [0.25, 0.3) is 0 Å². The van der Waals surface area contributed by atoms with Crippen LogP contribution in [0.15, 0.2) is 0 Å². The van der Waals surface area contributed by atoms with E-state index in [9.17, 15) is 18.0 Å². The summed E-state index contributed by atoms with van der Waals surface area (Å²) in [4.78, 5) is 24.3. The average molecular weight is 341 g/mol. The van der Waals surface area contributed by atoms with E-state index >= 15 is 0 Å². The van der Waals surface area contributed by atoms with Gasteiger partial charge in [-0.3, -0.25) is 19.9 Å². The Kier molecular flexibility index (Phi) is 6.62. The molecule has 0 aromatic rings. The number of carbonyl (C=O) groups excluding carboxylic acids is 2. The van der Waals surface area contributed by atoms with Crippen molar-refractivity contribution in [1.82, 2.24) is 10.2 Å². The van der Waals surface area contributed by atoms with Crippen LogP contribution in [0.5, 0.6) is 0 Å². The maximum Gasteiger partial charge on any atom is 0.238 e. The number of halogens is 1. The van der Waals surface area contributed by atoms with Gasteiger partial charge in [-0.25, -0.2) is 8.42 Å². The fraction of sp³-hybridized carbons (Fsp3) is 0.727. The topological polar surface area (TPSA) is 133 Å². The summed E-state index contributed by atoms with van der Waals surface area (Å²) in [5.74, 6) is -2.52. The van der Waals surface area contributed by atoms with Crippen molar-refractivity contribution in [1.29, 1.82) is 5.41 Å². The van der Waals surface area contributed by atoms with E-state index in [1.165, 1.54) is 6.92 Å². The minimum Gasteiger partial charge on any atom is -0.370 e. The minimum atomic E-state index is -3.60. The molecule has 1 heterocycles. The Morgan fingerprint density at radius 2 is 2.00 bits per heavy atom. The van der Waals surface area contributed by atoms with Gasteiger partial charge < -0.3 is 11.1 Å². The Morgan fingerprint density at radius 3 is 2.33 bits per heavy atom.